The predicted molar refractivity (Wildman–Crippen MR) is 138 cm³/mol. The highest BCUT2D eigenvalue weighted by atomic mass is 32.2. The molecule has 0 aromatic heterocycles. The van der Waals surface area contributed by atoms with E-state index in [4.69, 9.17) is 34.0 Å². The maximum absolute atomic E-state index is 13.4. The van der Waals surface area contributed by atoms with Crippen LogP contribution < -0.4 is 19.5 Å². The number of ether oxygens (including phenoxy) is 3. The molecule has 1 unspecified atom stereocenters. The van der Waals surface area contributed by atoms with Gasteiger partial charge in [-0.15, -0.1) is 0 Å². The van der Waals surface area contributed by atoms with E-state index in [1.165, 1.54) is 36.7 Å². The smallest absolute Gasteiger partial charge is 0.414 e. The third-order valence-electron chi connectivity index (χ3n) is 5.25. The molecule has 0 fully saturated rings. The summed E-state index contributed by atoms with van der Waals surface area (Å²) in [5.41, 5.74) is 0.879. The number of carboxylic acids is 2. The van der Waals surface area contributed by atoms with E-state index in [-0.39, 0.29) is 10.9 Å². The second kappa shape index (κ2) is 15.7. The predicted octanol–water partition coefficient (Wildman–Crippen LogP) is 2.63. The van der Waals surface area contributed by atoms with E-state index in [1.807, 2.05) is 26.8 Å². The molecule has 2 aromatic carbocycles. The summed E-state index contributed by atoms with van der Waals surface area (Å²) in [6, 6.07) is 9.43. The van der Waals surface area contributed by atoms with Crippen LogP contribution in [0, 0.1) is 5.82 Å². The van der Waals surface area contributed by atoms with E-state index >= 15 is 0 Å². The number of halogens is 1. The summed E-state index contributed by atoms with van der Waals surface area (Å²) >= 11 is 0. The first-order valence-electron chi connectivity index (χ1n) is 11.7. The second-order valence-electron chi connectivity index (χ2n) is 7.89. The molecule has 2 aromatic rings. The first-order valence-corrected chi connectivity index (χ1v) is 13.2. The molecular formula is C25H35FN2O9S. The van der Waals surface area contributed by atoms with Crippen molar-refractivity contribution in [3.05, 3.63) is 47.8 Å². The Hall–Kier alpha value is -3.42. The second-order valence-corrected chi connectivity index (χ2v) is 9.79. The van der Waals surface area contributed by atoms with Crippen molar-refractivity contribution in [2.24, 2.45) is 0 Å². The number of aliphatic carboxylic acids is 2. The minimum atomic E-state index is -3.64. The van der Waals surface area contributed by atoms with Gasteiger partial charge < -0.3 is 29.7 Å². The van der Waals surface area contributed by atoms with Crippen LogP contribution in [0.5, 0.6) is 17.2 Å². The highest BCUT2D eigenvalue weighted by molar-refractivity contribution is 7.89. The van der Waals surface area contributed by atoms with Crippen LogP contribution in [0.4, 0.5) is 4.39 Å². The van der Waals surface area contributed by atoms with Gasteiger partial charge in [-0.25, -0.2) is 22.4 Å². The van der Waals surface area contributed by atoms with E-state index in [2.05, 4.69) is 5.32 Å². The van der Waals surface area contributed by atoms with E-state index in [9.17, 15) is 12.8 Å². The van der Waals surface area contributed by atoms with Gasteiger partial charge >= 0.3 is 11.9 Å². The van der Waals surface area contributed by atoms with Crippen LogP contribution in [0.1, 0.15) is 26.3 Å². The van der Waals surface area contributed by atoms with Crippen LogP contribution in [-0.2, 0) is 26.0 Å². The van der Waals surface area contributed by atoms with Crippen molar-refractivity contribution in [1.82, 2.24) is 9.62 Å². The Kier molecular flexibility index (Phi) is 13.5. The topological polar surface area (TPSA) is 152 Å². The number of carbonyl (C=O) groups is 2. The van der Waals surface area contributed by atoms with Crippen molar-refractivity contribution in [2.75, 3.05) is 40.5 Å². The quantitative estimate of drug-likeness (QED) is 0.247. The number of benzene rings is 2. The number of nitrogens with one attached hydrogen (secondary N) is 1. The summed E-state index contributed by atoms with van der Waals surface area (Å²) in [5, 5.41) is 18.1. The SMILES string of the molecule is CCN(CC)S(=O)(=O)c1cc(CC(C)NCCOc2cc(F)ccc2OC)ccc1OC.O=C(O)C(=O)O. The zero-order valence-electron chi connectivity index (χ0n) is 22.1. The molecule has 0 saturated carbocycles. The molecule has 0 aliphatic heterocycles. The van der Waals surface area contributed by atoms with Crippen LogP contribution in [0.15, 0.2) is 41.3 Å². The number of sulfonamides is 1. The van der Waals surface area contributed by atoms with Gasteiger partial charge in [-0.3, -0.25) is 0 Å². The van der Waals surface area contributed by atoms with Crippen LogP contribution in [0.2, 0.25) is 0 Å². The van der Waals surface area contributed by atoms with Gasteiger partial charge in [-0.1, -0.05) is 19.9 Å². The van der Waals surface area contributed by atoms with E-state index in [0.29, 0.717) is 49.9 Å². The van der Waals surface area contributed by atoms with Gasteiger partial charge in [0, 0.05) is 31.7 Å². The monoisotopic (exact) mass is 558 g/mol. The Labute approximate surface area is 222 Å². The fraction of sp³-hybridized carbons (Fsp3) is 0.440. The van der Waals surface area contributed by atoms with Crippen molar-refractivity contribution in [2.45, 2.75) is 38.1 Å². The maximum atomic E-state index is 13.4. The zero-order valence-corrected chi connectivity index (χ0v) is 22.9. The molecule has 13 heteroatoms. The number of hydrogen-bond donors (Lipinski definition) is 3. The fourth-order valence-corrected chi connectivity index (χ4v) is 5.07. The summed E-state index contributed by atoms with van der Waals surface area (Å²) in [5.74, 6) is -2.89. The molecule has 0 radical (unpaired) electrons. The van der Waals surface area contributed by atoms with E-state index in [0.717, 1.165) is 5.56 Å². The van der Waals surface area contributed by atoms with Gasteiger partial charge in [-0.2, -0.15) is 4.31 Å². The summed E-state index contributed by atoms with van der Waals surface area (Å²) < 4.78 is 57.0. The third-order valence-corrected chi connectivity index (χ3v) is 7.33. The summed E-state index contributed by atoms with van der Waals surface area (Å²) in [6.07, 6.45) is 0.619. The summed E-state index contributed by atoms with van der Waals surface area (Å²) in [6.45, 7) is 7.26. The first kappa shape index (κ1) is 32.6. The van der Waals surface area contributed by atoms with Gasteiger partial charge in [0.15, 0.2) is 11.5 Å². The van der Waals surface area contributed by atoms with Gasteiger partial charge in [0.25, 0.3) is 0 Å². The Morgan fingerprint density at radius 1 is 0.974 bits per heavy atom. The van der Waals surface area contributed by atoms with Crippen LogP contribution in [0.3, 0.4) is 0 Å². The van der Waals surface area contributed by atoms with Crippen molar-refractivity contribution in [1.29, 1.82) is 0 Å². The molecule has 0 aliphatic rings. The van der Waals surface area contributed by atoms with E-state index < -0.39 is 27.8 Å². The number of rotatable bonds is 13. The first-order chi connectivity index (χ1) is 17.9. The van der Waals surface area contributed by atoms with Gasteiger partial charge in [0.05, 0.1) is 14.2 Å². The molecule has 3 N–H and O–H groups in total. The van der Waals surface area contributed by atoms with Crippen molar-refractivity contribution >= 4 is 22.0 Å². The minimum Gasteiger partial charge on any atom is -0.495 e. The zero-order chi connectivity index (χ0) is 28.9. The van der Waals surface area contributed by atoms with Gasteiger partial charge in [-0.05, 0) is 43.2 Å². The van der Waals surface area contributed by atoms with Gasteiger partial charge in [0.2, 0.25) is 10.0 Å². The largest absolute Gasteiger partial charge is 0.495 e. The highest BCUT2D eigenvalue weighted by Crippen LogP contribution is 2.29. The fourth-order valence-electron chi connectivity index (χ4n) is 3.41. The van der Waals surface area contributed by atoms with Crippen molar-refractivity contribution in [3.8, 4) is 17.2 Å². The maximum Gasteiger partial charge on any atom is 0.414 e. The minimum absolute atomic E-state index is 0.0606. The van der Waals surface area contributed by atoms with Crippen molar-refractivity contribution in [3.63, 3.8) is 0 Å². The molecule has 38 heavy (non-hydrogen) atoms. The lowest BCUT2D eigenvalue weighted by atomic mass is 10.1. The number of nitrogens with zero attached hydrogens (tertiary/aromatic N) is 1. The average molecular weight is 559 g/mol. The summed E-state index contributed by atoms with van der Waals surface area (Å²) in [4.78, 5) is 18.4. The molecule has 11 nitrogen and oxygen atoms in total. The molecule has 0 spiro atoms. The molecule has 2 rings (SSSR count). The number of hydrogen-bond acceptors (Lipinski definition) is 8. The molecule has 0 saturated heterocycles. The van der Waals surface area contributed by atoms with Crippen LogP contribution in [-0.4, -0.2) is 81.4 Å². The molecule has 1 atom stereocenters. The normalized spacial score (nSPS) is 11.8. The molecule has 0 bridgehead atoms. The van der Waals surface area contributed by atoms with Crippen molar-refractivity contribution < 1.29 is 46.8 Å². The standard InChI is InChI=1S/C23H33FN2O5S.C2H2O4/c1-6-26(7-2)32(27,28)23-15-18(8-10-21(23)30-5)14-17(3)25-12-13-31-22-16-19(24)9-11-20(22)29-4;3-1(4)2(5)6/h8-11,15-17,25H,6-7,12-14H2,1-5H3;(H,3,4)(H,5,6). The molecular weight excluding hydrogens is 523 g/mol. The summed E-state index contributed by atoms with van der Waals surface area (Å²) in [7, 11) is -0.668. The lowest BCUT2D eigenvalue weighted by Gasteiger charge is -2.21. The molecule has 212 valence electrons. The van der Waals surface area contributed by atoms with Crippen LogP contribution >= 0.6 is 0 Å². The molecule has 0 aliphatic carbocycles. The average Bonchev–Trinajstić information content (AvgIpc) is 2.87. The molecule has 0 amide bonds. The highest BCUT2D eigenvalue weighted by Gasteiger charge is 2.26. The number of methoxy groups -OCH3 is 2. The Balaban J connectivity index is 0.00000107. The number of carboxylic acid groups (broad SMARTS) is 2. The Morgan fingerprint density at radius 2 is 1.55 bits per heavy atom. The van der Waals surface area contributed by atoms with Crippen LogP contribution in [0.25, 0.3) is 0 Å². The Bertz CT molecular complexity index is 1160. The van der Waals surface area contributed by atoms with E-state index in [1.54, 1.807) is 12.1 Å². The lowest BCUT2D eigenvalue weighted by Crippen LogP contribution is -2.32. The molecule has 0 heterocycles. The third kappa shape index (κ3) is 9.80. The Morgan fingerprint density at radius 3 is 2.08 bits per heavy atom. The lowest BCUT2D eigenvalue weighted by molar-refractivity contribution is -0.159. The van der Waals surface area contributed by atoms with Gasteiger partial charge in [0.1, 0.15) is 23.1 Å².